The van der Waals surface area contributed by atoms with Crippen molar-refractivity contribution in [1.29, 1.82) is 0 Å². The van der Waals surface area contributed by atoms with Crippen molar-refractivity contribution < 1.29 is 32.6 Å². The van der Waals surface area contributed by atoms with Crippen LogP contribution in [0.25, 0.3) is 6.08 Å². The van der Waals surface area contributed by atoms with Crippen LogP contribution in [0.2, 0.25) is 5.02 Å². The molecule has 0 aromatic heterocycles. The summed E-state index contributed by atoms with van der Waals surface area (Å²) in [6.45, 7) is 0. The Morgan fingerprint density at radius 3 is 2.35 bits per heavy atom. The molecule has 0 radical (unpaired) electrons. The van der Waals surface area contributed by atoms with Crippen LogP contribution in [-0.4, -0.2) is 29.1 Å². The molecule has 0 spiro atoms. The molecule has 26 heavy (non-hydrogen) atoms. The number of benzene rings is 2. The molecule has 0 saturated carbocycles. The van der Waals surface area contributed by atoms with Crippen LogP contribution in [0, 0.1) is 0 Å². The Morgan fingerprint density at radius 1 is 1.12 bits per heavy atom. The van der Waals surface area contributed by atoms with E-state index in [1.807, 2.05) is 0 Å². The summed E-state index contributed by atoms with van der Waals surface area (Å²) in [6.07, 6.45) is -6.71. The summed E-state index contributed by atoms with van der Waals surface area (Å²) in [6, 6.07) is 10.4. The smallest absolute Gasteiger partial charge is 0.430 e. The van der Waals surface area contributed by atoms with E-state index in [4.69, 9.17) is 21.4 Å². The standard InChI is InChI=1S/C18H10ClF3O4/c19-13-7-10-6-12(17(24)25)16(18(20,21)22)26-14(10)8-11(13)15(23)9-4-2-1-3-5-9/h1-8,16H,(H,24,25). The summed E-state index contributed by atoms with van der Waals surface area (Å²) in [5, 5.41) is 9.00. The fourth-order valence-corrected chi connectivity index (χ4v) is 2.81. The van der Waals surface area contributed by atoms with Crippen molar-refractivity contribution in [2.24, 2.45) is 0 Å². The molecule has 1 atom stereocenters. The average molecular weight is 383 g/mol. The van der Waals surface area contributed by atoms with Crippen LogP contribution >= 0.6 is 11.6 Å². The Balaban J connectivity index is 2.09. The van der Waals surface area contributed by atoms with Gasteiger partial charge in [-0.15, -0.1) is 0 Å². The molecule has 0 fully saturated rings. The van der Waals surface area contributed by atoms with Crippen molar-refractivity contribution in [2.75, 3.05) is 0 Å². The number of hydrogen-bond acceptors (Lipinski definition) is 3. The molecular formula is C18H10ClF3O4. The summed E-state index contributed by atoms with van der Waals surface area (Å²) >= 11 is 6.08. The SMILES string of the molecule is O=C(O)C1=Cc2cc(Cl)c(C(=O)c3ccccc3)cc2OC1C(F)(F)F. The first-order valence-electron chi connectivity index (χ1n) is 7.30. The summed E-state index contributed by atoms with van der Waals surface area (Å²) in [7, 11) is 0. The van der Waals surface area contributed by atoms with Gasteiger partial charge in [-0.05, 0) is 18.2 Å². The van der Waals surface area contributed by atoms with E-state index in [1.54, 1.807) is 30.3 Å². The Morgan fingerprint density at radius 2 is 1.77 bits per heavy atom. The molecule has 0 bridgehead atoms. The average Bonchev–Trinajstić information content (AvgIpc) is 2.59. The molecule has 0 saturated heterocycles. The van der Waals surface area contributed by atoms with Gasteiger partial charge in [0, 0.05) is 16.7 Å². The van der Waals surface area contributed by atoms with E-state index in [0.717, 1.165) is 12.1 Å². The van der Waals surface area contributed by atoms with E-state index in [0.29, 0.717) is 5.56 Å². The molecule has 1 heterocycles. The van der Waals surface area contributed by atoms with Crippen molar-refractivity contribution in [3.05, 3.63) is 69.8 Å². The topological polar surface area (TPSA) is 63.6 Å². The highest BCUT2D eigenvalue weighted by atomic mass is 35.5. The lowest BCUT2D eigenvalue weighted by Crippen LogP contribution is -2.40. The van der Waals surface area contributed by atoms with Crippen LogP contribution in [0.1, 0.15) is 21.5 Å². The summed E-state index contributed by atoms with van der Waals surface area (Å²) < 4.78 is 44.2. The zero-order valence-electron chi connectivity index (χ0n) is 12.9. The molecule has 1 aliphatic rings. The van der Waals surface area contributed by atoms with Gasteiger partial charge in [-0.3, -0.25) is 4.79 Å². The number of ketones is 1. The number of aliphatic carboxylic acids is 1. The summed E-state index contributed by atoms with van der Waals surface area (Å²) in [5.74, 6) is -2.50. The van der Waals surface area contributed by atoms with Crippen molar-refractivity contribution in [1.82, 2.24) is 0 Å². The molecule has 0 amide bonds. The second-order valence-corrected chi connectivity index (χ2v) is 5.92. The van der Waals surface area contributed by atoms with E-state index in [1.165, 1.54) is 6.07 Å². The van der Waals surface area contributed by atoms with Crippen molar-refractivity contribution >= 4 is 29.4 Å². The number of alkyl halides is 3. The fraction of sp³-hybridized carbons (Fsp3) is 0.111. The molecule has 2 aromatic rings. The van der Waals surface area contributed by atoms with E-state index >= 15 is 0 Å². The fourth-order valence-electron chi connectivity index (χ4n) is 2.55. The molecule has 3 rings (SSSR count). The van der Waals surface area contributed by atoms with Gasteiger partial charge in [0.1, 0.15) is 5.75 Å². The van der Waals surface area contributed by atoms with Crippen molar-refractivity contribution in [3.8, 4) is 5.75 Å². The minimum atomic E-state index is -4.93. The maximum atomic E-state index is 13.1. The minimum absolute atomic E-state index is 0.0207. The van der Waals surface area contributed by atoms with E-state index < -0.39 is 29.6 Å². The third-order valence-electron chi connectivity index (χ3n) is 3.76. The zero-order valence-corrected chi connectivity index (χ0v) is 13.6. The monoisotopic (exact) mass is 382 g/mol. The number of carboxylic acids is 1. The van der Waals surface area contributed by atoms with Gasteiger partial charge < -0.3 is 9.84 Å². The van der Waals surface area contributed by atoms with Gasteiger partial charge in [0.2, 0.25) is 6.10 Å². The Labute approximate surface area is 150 Å². The molecular weight excluding hydrogens is 373 g/mol. The first-order valence-corrected chi connectivity index (χ1v) is 7.68. The first-order chi connectivity index (χ1) is 12.2. The second-order valence-electron chi connectivity index (χ2n) is 5.51. The number of ether oxygens (including phenoxy) is 1. The van der Waals surface area contributed by atoms with Crippen molar-refractivity contribution in [3.63, 3.8) is 0 Å². The van der Waals surface area contributed by atoms with Crippen LogP contribution in [0.4, 0.5) is 13.2 Å². The molecule has 0 aliphatic carbocycles. The molecule has 8 heteroatoms. The third kappa shape index (κ3) is 3.30. The second kappa shape index (κ2) is 6.49. The zero-order chi connectivity index (χ0) is 19.1. The predicted octanol–water partition coefficient (Wildman–Crippen LogP) is 4.36. The van der Waals surface area contributed by atoms with Gasteiger partial charge >= 0.3 is 12.1 Å². The van der Waals surface area contributed by atoms with Gasteiger partial charge in [0.15, 0.2) is 5.78 Å². The van der Waals surface area contributed by atoms with Crippen LogP contribution in [0.15, 0.2) is 48.0 Å². The van der Waals surface area contributed by atoms with Gasteiger partial charge in [-0.25, -0.2) is 4.79 Å². The lowest BCUT2D eigenvalue weighted by molar-refractivity contribution is -0.187. The lowest BCUT2D eigenvalue weighted by atomic mass is 9.97. The Hall–Kier alpha value is -2.80. The van der Waals surface area contributed by atoms with Crippen LogP contribution < -0.4 is 4.74 Å². The molecule has 4 nitrogen and oxygen atoms in total. The number of carbonyl (C=O) groups excluding carboxylic acids is 1. The molecule has 1 N–H and O–H groups in total. The molecule has 134 valence electrons. The number of rotatable bonds is 3. The summed E-state index contributed by atoms with van der Waals surface area (Å²) in [4.78, 5) is 23.7. The highest BCUT2D eigenvalue weighted by Crippen LogP contribution is 2.39. The first kappa shape index (κ1) is 18.0. The van der Waals surface area contributed by atoms with Crippen molar-refractivity contribution in [2.45, 2.75) is 12.3 Å². The van der Waals surface area contributed by atoms with E-state index in [-0.39, 0.29) is 21.9 Å². The summed E-state index contributed by atoms with van der Waals surface area (Å²) in [5.41, 5.74) is -0.635. The number of halogens is 4. The van der Waals surface area contributed by atoms with Gasteiger partial charge in [0.25, 0.3) is 0 Å². The van der Waals surface area contributed by atoms with Gasteiger partial charge in [-0.1, -0.05) is 41.9 Å². The lowest BCUT2D eigenvalue weighted by Gasteiger charge is -2.27. The number of hydrogen-bond donors (Lipinski definition) is 1. The maximum Gasteiger partial charge on any atom is 0.430 e. The quantitative estimate of drug-likeness (QED) is 0.801. The highest BCUT2D eigenvalue weighted by Gasteiger charge is 2.48. The Bertz CT molecular complexity index is 920. The van der Waals surface area contributed by atoms with Gasteiger partial charge in [-0.2, -0.15) is 13.2 Å². The molecule has 2 aromatic carbocycles. The number of carboxylic acid groups (broad SMARTS) is 1. The highest BCUT2D eigenvalue weighted by molar-refractivity contribution is 6.35. The van der Waals surface area contributed by atoms with Crippen LogP contribution in [-0.2, 0) is 4.79 Å². The number of carbonyl (C=O) groups is 2. The number of fused-ring (bicyclic) bond motifs is 1. The molecule has 1 unspecified atom stereocenters. The molecule has 1 aliphatic heterocycles. The largest absolute Gasteiger partial charge is 0.478 e. The van der Waals surface area contributed by atoms with E-state index in [9.17, 15) is 22.8 Å². The minimum Gasteiger partial charge on any atom is -0.478 e. The predicted molar refractivity (Wildman–Crippen MR) is 87.4 cm³/mol. The van der Waals surface area contributed by atoms with Crippen LogP contribution in [0.3, 0.4) is 0 Å². The van der Waals surface area contributed by atoms with Gasteiger partial charge in [0.05, 0.1) is 10.6 Å². The maximum absolute atomic E-state index is 13.1. The third-order valence-corrected chi connectivity index (χ3v) is 4.08. The normalized spacial score (nSPS) is 16.3. The van der Waals surface area contributed by atoms with E-state index in [2.05, 4.69) is 0 Å². The van der Waals surface area contributed by atoms with Crippen LogP contribution in [0.5, 0.6) is 5.75 Å². The Kier molecular flexibility index (Phi) is 4.50.